The van der Waals surface area contributed by atoms with E-state index in [1.165, 1.54) is 12.1 Å². The fourth-order valence-corrected chi connectivity index (χ4v) is 2.05. The molecule has 0 aromatic carbocycles. The molecule has 0 saturated carbocycles. The number of thiocarbonyl (C=S) groups is 1. The van der Waals surface area contributed by atoms with E-state index in [2.05, 4.69) is 36.2 Å². The summed E-state index contributed by atoms with van der Waals surface area (Å²) in [6.45, 7) is 4.44. The van der Waals surface area contributed by atoms with Gasteiger partial charge in [0.1, 0.15) is 0 Å². The van der Waals surface area contributed by atoms with Gasteiger partial charge in [-0.1, -0.05) is 25.9 Å². The maximum absolute atomic E-state index is 4.47. The molecule has 0 N–H and O–H groups in total. The third-order valence-corrected chi connectivity index (χ3v) is 4.10. The van der Waals surface area contributed by atoms with E-state index in [1.54, 1.807) is 0 Å². The number of nitrogens with zero attached hydrogens (tertiary/aromatic N) is 1. The number of hydrogen-bond acceptors (Lipinski definition) is 2. The number of rotatable bonds is 4. The summed E-state index contributed by atoms with van der Waals surface area (Å²) >= 11 is 4.47. The van der Waals surface area contributed by atoms with Gasteiger partial charge in [-0.3, -0.25) is 0 Å². The second-order valence-corrected chi connectivity index (χ2v) is 5.28. The molecule has 0 aliphatic rings. The van der Waals surface area contributed by atoms with Crippen molar-refractivity contribution in [1.29, 1.82) is 0 Å². The van der Waals surface area contributed by atoms with Gasteiger partial charge < -0.3 is 0 Å². The lowest BCUT2D eigenvalue weighted by molar-refractivity contribution is 1.22. The highest BCUT2D eigenvalue weighted by atomic mass is 32.1. The molecule has 0 aromatic heterocycles. The molecule has 3 heteroatoms. The zero-order valence-electron chi connectivity index (χ0n) is 5.98. The summed E-state index contributed by atoms with van der Waals surface area (Å²) in [5.74, 6) is 0. The van der Waals surface area contributed by atoms with Crippen LogP contribution in [0.1, 0.15) is 13.8 Å². The van der Waals surface area contributed by atoms with Crippen LogP contribution in [0.4, 0.5) is 0 Å². The van der Waals surface area contributed by atoms with Gasteiger partial charge in [0.2, 0.25) is 0 Å². The molecule has 0 aromatic rings. The molecule has 0 saturated heterocycles. The average Bonchev–Trinajstić information content (AvgIpc) is 1.91. The molecule has 0 unspecified atom stereocenters. The highest BCUT2D eigenvalue weighted by Crippen LogP contribution is 1.96. The Morgan fingerprint density at radius 2 is 2.00 bits per heavy atom. The zero-order valence-corrected chi connectivity index (χ0v) is 7.79. The van der Waals surface area contributed by atoms with Crippen LogP contribution in [0.5, 0.6) is 0 Å². The Morgan fingerprint density at radius 3 is 2.33 bits per heavy atom. The van der Waals surface area contributed by atoms with Crippen LogP contribution < -0.4 is 0 Å². The molecule has 0 amide bonds. The smallest absolute Gasteiger partial charge is 0.0753 e. The van der Waals surface area contributed by atoms with E-state index >= 15 is 0 Å². The Morgan fingerprint density at radius 1 is 1.44 bits per heavy atom. The Hall–Kier alpha value is 0.0169. The lowest BCUT2D eigenvalue weighted by Gasteiger charge is -2.02. The fraction of sp³-hybridized carbons (Fsp3) is 0.833. The van der Waals surface area contributed by atoms with Gasteiger partial charge in [-0.25, -0.2) is 4.99 Å². The molecule has 0 heterocycles. The molecule has 51 valence electrons. The minimum absolute atomic E-state index is 0.182. The minimum Gasteiger partial charge on any atom is -0.236 e. The van der Waals surface area contributed by atoms with Gasteiger partial charge in [-0.15, -0.1) is 0 Å². The van der Waals surface area contributed by atoms with Gasteiger partial charge in [0, 0.05) is 6.17 Å². The van der Waals surface area contributed by atoms with Crippen molar-refractivity contribution in [3.63, 3.8) is 0 Å². The summed E-state index contributed by atoms with van der Waals surface area (Å²) in [6, 6.07) is 2.59. The molecular formula is C6H12NSSi. The van der Waals surface area contributed by atoms with Gasteiger partial charge in [-0.2, -0.15) is 0 Å². The lowest BCUT2D eigenvalue weighted by atomic mass is 10.9. The molecule has 9 heavy (non-hydrogen) atoms. The molecular weight excluding hydrogens is 146 g/mol. The van der Waals surface area contributed by atoms with Crippen LogP contribution in [0.15, 0.2) is 4.99 Å². The van der Waals surface area contributed by atoms with Crippen molar-refractivity contribution in [3.8, 4) is 0 Å². The molecule has 0 bridgehead atoms. The van der Waals surface area contributed by atoms with Crippen molar-refractivity contribution >= 4 is 26.2 Å². The molecule has 0 rings (SSSR count). The summed E-state index contributed by atoms with van der Waals surface area (Å²) in [5, 5.41) is 2.40. The summed E-state index contributed by atoms with van der Waals surface area (Å²) in [5.41, 5.74) is 0. The summed E-state index contributed by atoms with van der Waals surface area (Å²) in [4.78, 5) is 3.92. The SMILES string of the molecule is CC[Si](CC)CN=C=S. The molecule has 0 atom stereocenters. The molecule has 0 spiro atoms. The summed E-state index contributed by atoms with van der Waals surface area (Å²) < 4.78 is 0. The second kappa shape index (κ2) is 6.14. The summed E-state index contributed by atoms with van der Waals surface area (Å²) in [6.07, 6.45) is 0.959. The quantitative estimate of drug-likeness (QED) is 0.347. The first-order valence-electron chi connectivity index (χ1n) is 3.22. The molecule has 0 aliphatic heterocycles. The van der Waals surface area contributed by atoms with E-state index in [0.717, 1.165) is 6.17 Å². The van der Waals surface area contributed by atoms with E-state index in [9.17, 15) is 0 Å². The van der Waals surface area contributed by atoms with Crippen LogP contribution in [-0.2, 0) is 0 Å². The predicted molar refractivity (Wildman–Crippen MR) is 46.6 cm³/mol. The van der Waals surface area contributed by atoms with Crippen LogP contribution in [0.3, 0.4) is 0 Å². The number of aliphatic imine (C=N–C) groups is 1. The maximum atomic E-state index is 4.47. The third kappa shape index (κ3) is 4.52. The molecule has 1 radical (unpaired) electrons. The van der Waals surface area contributed by atoms with Crippen molar-refractivity contribution in [2.45, 2.75) is 25.9 Å². The van der Waals surface area contributed by atoms with E-state index in [-0.39, 0.29) is 8.80 Å². The Kier molecular flexibility index (Phi) is 6.15. The van der Waals surface area contributed by atoms with Crippen molar-refractivity contribution in [2.75, 3.05) is 6.17 Å². The van der Waals surface area contributed by atoms with Crippen molar-refractivity contribution in [1.82, 2.24) is 0 Å². The van der Waals surface area contributed by atoms with Crippen LogP contribution in [0, 0.1) is 0 Å². The Balaban J connectivity index is 3.42. The van der Waals surface area contributed by atoms with Gasteiger partial charge >= 0.3 is 0 Å². The van der Waals surface area contributed by atoms with Crippen molar-refractivity contribution < 1.29 is 0 Å². The first kappa shape index (κ1) is 9.02. The predicted octanol–water partition coefficient (Wildman–Crippen LogP) is 2.16. The lowest BCUT2D eigenvalue weighted by Crippen LogP contribution is -2.13. The normalized spacial score (nSPS) is 9.22. The number of hydrogen-bond donors (Lipinski definition) is 0. The fourth-order valence-electron chi connectivity index (χ4n) is 0.618. The summed E-state index contributed by atoms with van der Waals surface area (Å²) in [7, 11) is -0.182. The first-order valence-corrected chi connectivity index (χ1v) is 5.75. The minimum atomic E-state index is -0.182. The topological polar surface area (TPSA) is 12.4 Å². The van der Waals surface area contributed by atoms with E-state index in [1.807, 2.05) is 0 Å². The van der Waals surface area contributed by atoms with Crippen LogP contribution in [0.25, 0.3) is 0 Å². The average molecular weight is 158 g/mol. The Labute approximate surface area is 63.8 Å². The Bertz CT molecular complexity index is 106. The van der Waals surface area contributed by atoms with Gasteiger partial charge in [-0.05, 0) is 12.2 Å². The van der Waals surface area contributed by atoms with E-state index < -0.39 is 0 Å². The van der Waals surface area contributed by atoms with E-state index in [4.69, 9.17) is 0 Å². The highest BCUT2D eigenvalue weighted by Gasteiger charge is 2.02. The first-order chi connectivity index (χ1) is 4.35. The standard InChI is InChI=1S/C6H12NSSi/c1-3-9(4-2)6-7-5-8/h3-4,6H2,1-2H3. The second-order valence-electron chi connectivity index (χ2n) is 1.86. The van der Waals surface area contributed by atoms with Crippen molar-refractivity contribution in [2.24, 2.45) is 4.99 Å². The molecule has 1 nitrogen and oxygen atoms in total. The monoisotopic (exact) mass is 158 g/mol. The van der Waals surface area contributed by atoms with Crippen LogP contribution in [-0.4, -0.2) is 20.1 Å². The molecule has 0 aliphatic carbocycles. The third-order valence-electron chi connectivity index (χ3n) is 1.37. The van der Waals surface area contributed by atoms with Gasteiger partial charge in [0.25, 0.3) is 0 Å². The van der Waals surface area contributed by atoms with Gasteiger partial charge in [0.15, 0.2) is 0 Å². The number of isothiocyanates is 1. The zero-order chi connectivity index (χ0) is 7.11. The highest BCUT2D eigenvalue weighted by molar-refractivity contribution is 7.78. The maximum Gasteiger partial charge on any atom is 0.0753 e. The van der Waals surface area contributed by atoms with E-state index in [0.29, 0.717) is 0 Å². The van der Waals surface area contributed by atoms with Crippen molar-refractivity contribution in [3.05, 3.63) is 0 Å². The molecule has 0 fully saturated rings. The van der Waals surface area contributed by atoms with Crippen LogP contribution >= 0.6 is 12.2 Å². The largest absolute Gasteiger partial charge is 0.236 e. The van der Waals surface area contributed by atoms with Crippen LogP contribution in [0.2, 0.25) is 12.1 Å². The van der Waals surface area contributed by atoms with Gasteiger partial charge in [0.05, 0.1) is 14.0 Å².